The molecule has 0 fully saturated rings. The highest BCUT2D eigenvalue weighted by atomic mass is 16.4. The summed E-state index contributed by atoms with van der Waals surface area (Å²) < 4.78 is 7.49. The summed E-state index contributed by atoms with van der Waals surface area (Å²) in [5.41, 5.74) is 2.40. The van der Waals surface area contributed by atoms with Gasteiger partial charge >= 0.3 is 0 Å². The first kappa shape index (κ1) is 15.6. The largest absolute Gasteiger partial charge is 0.443 e. The molecule has 0 spiro atoms. The van der Waals surface area contributed by atoms with E-state index in [9.17, 15) is 4.79 Å². The average Bonchev–Trinajstić information content (AvgIpc) is 3.26. The number of amides is 1. The van der Waals surface area contributed by atoms with E-state index in [2.05, 4.69) is 20.6 Å². The van der Waals surface area contributed by atoms with Gasteiger partial charge in [-0.1, -0.05) is 23.4 Å². The topological polar surface area (TPSA) is 85.8 Å². The SMILES string of the molecule is O=C(NCc1cn(Cc2nc3c(o2)CCCC3)nn1)c1ccccc1. The van der Waals surface area contributed by atoms with Crippen LogP contribution in [0.25, 0.3) is 0 Å². The summed E-state index contributed by atoms with van der Waals surface area (Å²) in [6, 6.07) is 9.10. The maximum absolute atomic E-state index is 12.0. The predicted molar refractivity (Wildman–Crippen MR) is 89.9 cm³/mol. The van der Waals surface area contributed by atoms with Gasteiger partial charge in [-0.2, -0.15) is 0 Å². The van der Waals surface area contributed by atoms with Crippen molar-refractivity contribution in [3.05, 3.63) is 65.1 Å². The highest BCUT2D eigenvalue weighted by Gasteiger charge is 2.17. The van der Waals surface area contributed by atoms with Gasteiger partial charge < -0.3 is 9.73 Å². The minimum atomic E-state index is -0.129. The van der Waals surface area contributed by atoms with E-state index in [1.54, 1.807) is 23.0 Å². The van der Waals surface area contributed by atoms with Crippen LogP contribution in [0.3, 0.4) is 0 Å². The van der Waals surface area contributed by atoms with Crippen molar-refractivity contribution < 1.29 is 9.21 Å². The molecule has 0 unspecified atom stereocenters. The molecule has 1 aromatic carbocycles. The summed E-state index contributed by atoms with van der Waals surface area (Å²) in [4.78, 5) is 16.6. The van der Waals surface area contributed by atoms with Gasteiger partial charge in [-0.05, 0) is 31.4 Å². The maximum atomic E-state index is 12.0. The molecule has 2 heterocycles. The summed E-state index contributed by atoms with van der Waals surface area (Å²) in [7, 11) is 0. The van der Waals surface area contributed by atoms with E-state index in [1.165, 1.54) is 6.42 Å². The molecule has 0 saturated heterocycles. The average molecular weight is 337 g/mol. The van der Waals surface area contributed by atoms with Crippen molar-refractivity contribution in [3.8, 4) is 0 Å². The molecule has 2 aromatic heterocycles. The lowest BCUT2D eigenvalue weighted by Crippen LogP contribution is -2.22. The second-order valence-corrected chi connectivity index (χ2v) is 6.14. The van der Waals surface area contributed by atoms with Crippen LogP contribution in [0, 0.1) is 0 Å². The lowest BCUT2D eigenvalue weighted by atomic mass is 10.0. The number of carbonyl (C=O) groups is 1. The highest BCUT2D eigenvalue weighted by Crippen LogP contribution is 2.21. The van der Waals surface area contributed by atoms with Crippen molar-refractivity contribution in [2.45, 2.75) is 38.8 Å². The van der Waals surface area contributed by atoms with E-state index < -0.39 is 0 Å². The number of carbonyl (C=O) groups excluding carboxylic acids is 1. The molecule has 7 nitrogen and oxygen atoms in total. The molecule has 4 rings (SSSR count). The minimum absolute atomic E-state index is 0.129. The molecule has 1 aliphatic carbocycles. The van der Waals surface area contributed by atoms with Gasteiger partial charge in [0.25, 0.3) is 5.91 Å². The monoisotopic (exact) mass is 337 g/mol. The number of nitrogens with zero attached hydrogens (tertiary/aromatic N) is 4. The molecular formula is C18H19N5O2. The molecule has 1 N–H and O–H groups in total. The van der Waals surface area contributed by atoms with Crippen LogP contribution in [-0.4, -0.2) is 25.9 Å². The summed E-state index contributed by atoms with van der Waals surface area (Å²) in [5, 5.41) is 11.0. The number of nitrogens with one attached hydrogen (secondary N) is 1. The molecule has 0 atom stereocenters. The standard InChI is InChI=1S/C18H19N5O2/c24-18(13-6-2-1-3-7-13)19-10-14-11-23(22-21-14)12-17-20-15-8-4-5-9-16(15)25-17/h1-3,6-7,11H,4-5,8-10,12H2,(H,19,24). The Balaban J connectivity index is 1.36. The molecule has 1 amide bonds. The Morgan fingerprint density at radius 3 is 2.88 bits per heavy atom. The van der Waals surface area contributed by atoms with Gasteiger partial charge in [-0.3, -0.25) is 4.79 Å². The van der Waals surface area contributed by atoms with Crippen LogP contribution in [0.15, 0.2) is 40.9 Å². The molecule has 0 saturated carbocycles. The Hall–Kier alpha value is -2.96. The fourth-order valence-corrected chi connectivity index (χ4v) is 2.97. The predicted octanol–water partition coefficient (Wildman–Crippen LogP) is 2.12. The number of fused-ring (bicyclic) bond motifs is 1. The zero-order chi connectivity index (χ0) is 17.1. The first-order chi connectivity index (χ1) is 12.3. The van der Waals surface area contributed by atoms with Gasteiger partial charge in [0.05, 0.1) is 18.4 Å². The third-order valence-electron chi connectivity index (χ3n) is 4.24. The van der Waals surface area contributed by atoms with Crippen molar-refractivity contribution in [3.63, 3.8) is 0 Å². The van der Waals surface area contributed by atoms with Crippen molar-refractivity contribution in [2.24, 2.45) is 0 Å². The van der Waals surface area contributed by atoms with E-state index in [0.29, 0.717) is 30.2 Å². The number of hydrogen-bond acceptors (Lipinski definition) is 5. The van der Waals surface area contributed by atoms with Gasteiger partial charge in [0.2, 0.25) is 5.89 Å². The first-order valence-corrected chi connectivity index (χ1v) is 8.47. The van der Waals surface area contributed by atoms with Gasteiger partial charge in [0.15, 0.2) is 0 Å². The van der Waals surface area contributed by atoms with E-state index >= 15 is 0 Å². The van der Waals surface area contributed by atoms with Gasteiger partial charge in [-0.15, -0.1) is 5.10 Å². The summed E-state index contributed by atoms with van der Waals surface area (Å²) >= 11 is 0. The summed E-state index contributed by atoms with van der Waals surface area (Å²) in [6.07, 6.45) is 6.10. The molecule has 0 bridgehead atoms. The second-order valence-electron chi connectivity index (χ2n) is 6.14. The number of rotatable bonds is 5. The number of oxazole rings is 1. The Kier molecular flexibility index (Phi) is 4.28. The minimum Gasteiger partial charge on any atom is -0.443 e. The lowest BCUT2D eigenvalue weighted by Gasteiger charge is -2.05. The van der Waals surface area contributed by atoms with Crippen molar-refractivity contribution in [2.75, 3.05) is 0 Å². The maximum Gasteiger partial charge on any atom is 0.251 e. The van der Waals surface area contributed by atoms with Gasteiger partial charge in [-0.25, -0.2) is 9.67 Å². The van der Waals surface area contributed by atoms with Crippen LogP contribution < -0.4 is 5.32 Å². The Labute approximate surface area is 145 Å². The first-order valence-electron chi connectivity index (χ1n) is 8.47. The Morgan fingerprint density at radius 1 is 1.20 bits per heavy atom. The smallest absolute Gasteiger partial charge is 0.251 e. The van der Waals surface area contributed by atoms with Crippen LogP contribution in [0.4, 0.5) is 0 Å². The van der Waals surface area contributed by atoms with Crippen LogP contribution in [0.1, 0.15) is 46.2 Å². The quantitative estimate of drug-likeness (QED) is 0.771. The molecular weight excluding hydrogens is 318 g/mol. The highest BCUT2D eigenvalue weighted by molar-refractivity contribution is 5.93. The number of aromatic nitrogens is 4. The lowest BCUT2D eigenvalue weighted by molar-refractivity contribution is 0.0950. The van der Waals surface area contributed by atoms with Gasteiger partial charge in [0.1, 0.15) is 18.0 Å². The third-order valence-corrected chi connectivity index (χ3v) is 4.24. The van der Waals surface area contributed by atoms with Crippen LogP contribution in [0.5, 0.6) is 0 Å². The summed E-state index contributed by atoms with van der Waals surface area (Å²) in [5.74, 6) is 1.55. The van der Waals surface area contributed by atoms with E-state index in [4.69, 9.17) is 4.42 Å². The number of benzene rings is 1. The normalized spacial score (nSPS) is 13.4. The summed E-state index contributed by atoms with van der Waals surface area (Å²) in [6.45, 7) is 0.780. The fourth-order valence-electron chi connectivity index (χ4n) is 2.97. The third kappa shape index (κ3) is 3.60. The van der Waals surface area contributed by atoms with Crippen LogP contribution in [0.2, 0.25) is 0 Å². The Bertz CT molecular complexity index is 845. The zero-order valence-corrected chi connectivity index (χ0v) is 13.8. The Morgan fingerprint density at radius 2 is 2.04 bits per heavy atom. The van der Waals surface area contributed by atoms with E-state index in [-0.39, 0.29) is 5.91 Å². The number of hydrogen-bond donors (Lipinski definition) is 1. The van der Waals surface area contributed by atoms with Crippen molar-refractivity contribution in [1.29, 1.82) is 0 Å². The molecule has 25 heavy (non-hydrogen) atoms. The fraction of sp³-hybridized carbons (Fsp3) is 0.333. The zero-order valence-electron chi connectivity index (χ0n) is 13.8. The van der Waals surface area contributed by atoms with Crippen LogP contribution >= 0.6 is 0 Å². The molecule has 128 valence electrons. The van der Waals surface area contributed by atoms with Gasteiger partial charge in [0, 0.05) is 12.0 Å². The number of aryl methyl sites for hydroxylation is 2. The van der Waals surface area contributed by atoms with Crippen molar-refractivity contribution >= 4 is 5.91 Å². The van der Waals surface area contributed by atoms with Crippen molar-refractivity contribution in [1.82, 2.24) is 25.3 Å². The van der Waals surface area contributed by atoms with E-state index in [1.807, 2.05) is 18.2 Å². The van der Waals surface area contributed by atoms with E-state index in [0.717, 1.165) is 30.7 Å². The van der Waals surface area contributed by atoms with Crippen LogP contribution in [-0.2, 0) is 25.9 Å². The molecule has 0 aliphatic heterocycles. The molecule has 1 aliphatic rings. The molecule has 7 heteroatoms. The molecule has 3 aromatic rings. The second kappa shape index (κ2) is 6.88. The molecule has 0 radical (unpaired) electrons.